The van der Waals surface area contributed by atoms with Gasteiger partial charge in [0, 0.05) is 38.8 Å². The van der Waals surface area contributed by atoms with Crippen LogP contribution in [-0.4, -0.2) is 78.9 Å². The van der Waals surface area contributed by atoms with E-state index in [0.29, 0.717) is 13.0 Å². The fourth-order valence-corrected chi connectivity index (χ4v) is 4.12. The smallest absolute Gasteiger partial charge is 0.317 e. The van der Waals surface area contributed by atoms with Gasteiger partial charge >= 0.3 is 12.0 Å². The third-order valence-electron chi connectivity index (χ3n) is 5.53. The Labute approximate surface area is 166 Å². The summed E-state index contributed by atoms with van der Waals surface area (Å²) >= 11 is 0. The van der Waals surface area contributed by atoms with E-state index in [1.807, 2.05) is 25.1 Å². The van der Waals surface area contributed by atoms with Crippen molar-refractivity contribution in [2.24, 2.45) is 11.8 Å². The number of likely N-dealkylation sites (tertiary alicyclic amines) is 1. The number of carbonyl (C=O) groups excluding carboxylic acids is 1. The lowest BCUT2D eigenvalue weighted by Gasteiger charge is -2.36. The van der Waals surface area contributed by atoms with Crippen molar-refractivity contribution in [3.05, 3.63) is 35.9 Å². The van der Waals surface area contributed by atoms with Crippen LogP contribution in [0.5, 0.6) is 0 Å². The van der Waals surface area contributed by atoms with E-state index in [4.69, 9.17) is 4.74 Å². The quantitative estimate of drug-likeness (QED) is 0.774. The first kappa shape index (κ1) is 20.6. The van der Waals surface area contributed by atoms with E-state index in [1.54, 1.807) is 4.90 Å². The first-order valence-electron chi connectivity index (χ1n) is 10.1. The van der Waals surface area contributed by atoms with Crippen molar-refractivity contribution >= 4 is 12.0 Å². The second kappa shape index (κ2) is 9.89. The Bertz CT molecular complexity index is 648. The van der Waals surface area contributed by atoms with Crippen LogP contribution in [-0.2, 0) is 16.0 Å². The number of ether oxygens (including phenoxy) is 1. The Morgan fingerprint density at radius 3 is 2.61 bits per heavy atom. The lowest BCUT2D eigenvalue weighted by Crippen LogP contribution is -2.54. The molecule has 7 heteroatoms. The fourth-order valence-electron chi connectivity index (χ4n) is 4.12. The zero-order chi connectivity index (χ0) is 19.9. The van der Waals surface area contributed by atoms with Gasteiger partial charge in [-0.3, -0.25) is 9.69 Å². The van der Waals surface area contributed by atoms with Gasteiger partial charge in [-0.25, -0.2) is 4.79 Å². The Morgan fingerprint density at radius 1 is 1.21 bits per heavy atom. The van der Waals surface area contributed by atoms with Gasteiger partial charge in [0.05, 0.1) is 19.1 Å². The largest absolute Gasteiger partial charge is 0.481 e. The standard InChI is InChI=1S/C21H31N3O4/c1-16-11-18(20(25)26)14-24(13-16)21(27)22-19(12-17-5-3-2-4-6-17)15-23-7-9-28-10-8-23/h2-6,16,18-19H,7-15H2,1H3,(H,22,27)(H,25,26). The Morgan fingerprint density at radius 2 is 1.93 bits per heavy atom. The number of piperidine rings is 1. The molecule has 1 aromatic rings. The predicted octanol–water partition coefficient (Wildman–Crippen LogP) is 1.68. The number of carbonyl (C=O) groups is 2. The highest BCUT2D eigenvalue weighted by Gasteiger charge is 2.32. The molecule has 28 heavy (non-hydrogen) atoms. The Kier molecular flexibility index (Phi) is 7.28. The predicted molar refractivity (Wildman–Crippen MR) is 106 cm³/mol. The zero-order valence-corrected chi connectivity index (χ0v) is 16.5. The van der Waals surface area contributed by atoms with Crippen molar-refractivity contribution in [3.8, 4) is 0 Å². The number of nitrogens with one attached hydrogen (secondary N) is 1. The zero-order valence-electron chi connectivity index (χ0n) is 16.5. The van der Waals surface area contributed by atoms with E-state index >= 15 is 0 Å². The molecule has 0 spiro atoms. The average Bonchev–Trinajstić information content (AvgIpc) is 2.69. The first-order valence-corrected chi connectivity index (χ1v) is 10.1. The summed E-state index contributed by atoms with van der Waals surface area (Å²) in [5.74, 6) is -1.12. The summed E-state index contributed by atoms with van der Waals surface area (Å²) in [6.07, 6.45) is 1.37. The number of hydrogen-bond donors (Lipinski definition) is 2. The third-order valence-corrected chi connectivity index (χ3v) is 5.53. The van der Waals surface area contributed by atoms with Crippen LogP contribution in [0, 0.1) is 11.8 Å². The molecule has 2 amide bonds. The number of nitrogens with zero attached hydrogens (tertiary/aromatic N) is 2. The summed E-state index contributed by atoms with van der Waals surface area (Å²) in [5, 5.41) is 12.5. The van der Waals surface area contributed by atoms with Crippen molar-refractivity contribution in [2.45, 2.75) is 25.8 Å². The molecule has 0 aromatic heterocycles. The molecule has 3 rings (SSSR count). The van der Waals surface area contributed by atoms with Crippen molar-refractivity contribution < 1.29 is 19.4 Å². The molecule has 0 saturated carbocycles. The highest BCUT2D eigenvalue weighted by Crippen LogP contribution is 2.22. The van der Waals surface area contributed by atoms with Crippen molar-refractivity contribution in [2.75, 3.05) is 45.9 Å². The maximum Gasteiger partial charge on any atom is 0.317 e. The maximum absolute atomic E-state index is 12.9. The minimum atomic E-state index is -0.821. The van der Waals surface area contributed by atoms with Crippen molar-refractivity contribution in [1.82, 2.24) is 15.1 Å². The molecule has 0 radical (unpaired) electrons. The number of amides is 2. The minimum absolute atomic E-state index is 0.0338. The summed E-state index contributed by atoms with van der Waals surface area (Å²) in [6, 6.07) is 9.95. The number of hydrogen-bond acceptors (Lipinski definition) is 4. The van der Waals surface area contributed by atoms with E-state index in [9.17, 15) is 14.7 Å². The number of morpholine rings is 1. The number of aliphatic carboxylic acids is 1. The van der Waals surface area contributed by atoms with E-state index in [2.05, 4.69) is 22.3 Å². The molecule has 2 saturated heterocycles. The van der Waals surface area contributed by atoms with Crippen LogP contribution in [0.4, 0.5) is 4.79 Å². The minimum Gasteiger partial charge on any atom is -0.481 e. The summed E-state index contributed by atoms with van der Waals surface area (Å²) in [4.78, 5) is 28.3. The molecular formula is C21H31N3O4. The Hall–Kier alpha value is -2.12. The van der Waals surface area contributed by atoms with Gasteiger partial charge in [-0.1, -0.05) is 37.3 Å². The second-order valence-corrected chi connectivity index (χ2v) is 8.03. The first-order chi connectivity index (χ1) is 13.5. The molecule has 3 unspecified atom stereocenters. The number of rotatable bonds is 6. The maximum atomic E-state index is 12.9. The molecule has 0 aliphatic carbocycles. The van der Waals surface area contributed by atoms with E-state index < -0.39 is 11.9 Å². The number of urea groups is 1. The fraction of sp³-hybridized carbons (Fsp3) is 0.619. The summed E-state index contributed by atoms with van der Waals surface area (Å²) in [6.45, 7) is 6.81. The summed E-state index contributed by atoms with van der Waals surface area (Å²) in [7, 11) is 0. The number of benzene rings is 1. The summed E-state index contributed by atoms with van der Waals surface area (Å²) in [5.41, 5.74) is 1.18. The van der Waals surface area contributed by atoms with Gasteiger partial charge in [0.2, 0.25) is 0 Å². The highest BCUT2D eigenvalue weighted by atomic mass is 16.5. The molecule has 2 N–H and O–H groups in total. The molecule has 1 aromatic carbocycles. The van der Waals surface area contributed by atoms with Crippen LogP contribution in [0.15, 0.2) is 30.3 Å². The lowest BCUT2D eigenvalue weighted by atomic mass is 9.91. The van der Waals surface area contributed by atoms with E-state index in [1.165, 1.54) is 5.56 Å². The van der Waals surface area contributed by atoms with Crippen LogP contribution in [0.2, 0.25) is 0 Å². The molecule has 154 valence electrons. The Balaban J connectivity index is 1.64. The SMILES string of the molecule is CC1CC(C(=O)O)CN(C(=O)NC(Cc2ccccc2)CN2CCOCC2)C1. The second-order valence-electron chi connectivity index (χ2n) is 8.03. The van der Waals surface area contributed by atoms with Gasteiger partial charge in [0.25, 0.3) is 0 Å². The normalized spacial score (nSPS) is 24.5. The molecule has 0 bridgehead atoms. The van der Waals surface area contributed by atoms with Gasteiger partial charge in [0.1, 0.15) is 0 Å². The monoisotopic (exact) mass is 389 g/mol. The molecule has 7 nitrogen and oxygen atoms in total. The van der Waals surface area contributed by atoms with Gasteiger partial charge in [-0.15, -0.1) is 0 Å². The van der Waals surface area contributed by atoms with Crippen LogP contribution >= 0.6 is 0 Å². The molecule has 3 atom stereocenters. The van der Waals surface area contributed by atoms with Crippen LogP contribution in [0.1, 0.15) is 18.9 Å². The lowest BCUT2D eigenvalue weighted by molar-refractivity contribution is -0.143. The molecular weight excluding hydrogens is 358 g/mol. The number of carboxylic acids is 1. The molecule has 2 aliphatic rings. The molecule has 2 fully saturated rings. The van der Waals surface area contributed by atoms with Crippen LogP contribution in [0.3, 0.4) is 0 Å². The van der Waals surface area contributed by atoms with Crippen LogP contribution < -0.4 is 5.32 Å². The summed E-state index contributed by atoms with van der Waals surface area (Å²) < 4.78 is 5.43. The van der Waals surface area contributed by atoms with Gasteiger partial charge in [-0.2, -0.15) is 0 Å². The van der Waals surface area contributed by atoms with Gasteiger partial charge in [0.15, 0.2) is 0 Å². The van der Waals surface area contributed by atoms with Crippen molar-refractivity contribution in [3.63, 3.8) is 0 Å². The topological polar surface area (TPSA) is 82.1 Å². The van der Waals surface area contributed by atoms with E-state index in [-0.39, 0.29) is 24.5 Å². The molecule has 2 aliphatic heterocycles. The van der Waals surface area contributed by atoms with Gasteiger partial charge < -0.3 is 20.1 Å². The van der Waals surface area contributed by atoms with Gasteiger partial charge in [-0.05, 0) is 24.3 Å². The number of carboxylic acid groups (broad SMARTS) is 1. The highest BCUT2D eigenvalue weighted by molar-refractivity contribution is 5.77. The van der Waals surface area contributed by atoms with Crippen LogP contribution in [0.25, 0.3) is 0 Å². The third kappa shape index (κ3) is 5.94. The molecule has 2 heterocycles. The average molecular weight is 389 g/mol. The van der Waals surface area contributed by atoms with E-state index in [0.717, 1.165) is 39.3 Å². The van der Waals surface area contributed by atoms with Crippen molar-refractivity contribution in [1.29, 1.82) is 0 Å².